The first-order valence-corrected chi connectivity index (χ1v) is 1.93. The van der Waals surface area contributed by atoms with E-state index in [-0.39, 0.29) is 12.1 Å². The molecule has 0 saturated carbocycles. The highest BCUT2D eigenvalue weighted by Crippen LogP contribution is 1.89. The molecule has 0 aromatic rings. The van der Waals surface area contributed by atoms with Crippen LogP contribution in [0.15, 0.2) is 0 Å². The predicted octanol–water partition coefficient (Wildman–Crippen LogP) is -0.284. The van der Waals surface area contributed by atoms with Gasteiger partial charge in [-0.15, -0.1) is 0 Å². The average molecular weight is 90.1 g/mol. The average Bonchev–Trinajstić information content (AvgIpc) is 1.30. The Morgan fingerprint density at radius 1 is 2.00 bits per heavy atom. The van der Waals surface area contributed by atoms with E-state index in [0.717, 1.165) is 0 Å². The second kappa shape index (κ2) is 1.58. The Hall–Kier alpha value is -0.0800. The fourth-order valence-electron chi connectivity index (χ4n) is 0. The highest BCUT2D eigenvalue weighted by Gasteiger charge is 2.05. The monoisotopic (exact) mass is 90.1 g/mol. The molecule has 3 N–H and O–H groups in total. The van der Waals surface area contributed by atoms with E-state index in [1.807, 2.05) is 13.8 Å². The summed E-state index contributed by atoms with van der Waals surface area (Å²) in [5, 5.41) is 4.03. The Labute approximate surface area is 39.5 Å². The third-order valence-electron chi connectivity index (χ3n) is 0.372. The van der Waals surface area contributed by atoms with Crippen LogP contribution in [0.5, 0.6) is 0 Å². The third-order valence-corrected chi connectivity index (χ3v) is 0.372. The second-order valence-electron chi connectivity index (χ2n) is 2.13. The van der Waals surface area contributed by atoms with Gasteiger partial charge in [-0.3, -0.25) is 0 Å². The summed E-state index contributed by atoms with van der Waals surface area (Å²) in [4.78, 5) is 0. The zero-order valence-electron chi connectivity index (χ0n) is 5.19. The van der Waals surface area contributed by atoms with Gasteiger partial charge in [-0.2, -0.15) is 0 Å². The van der Waals surface area contributed by atoms with Gasteiger partial charge in [-0.25, -0.2) is 0 Å². The van der Waals surface area contributed by atoms with Gasteiger partial charge in [0.05, 0.1) is 6.61 Å². The standard InChI is InChI=1S/C4H11NO/c1-4(2,5)3-6/h6H,3,5H2,1-2H3/i6D. The Bertz CT molecular complexity index is 50.1. The molecule has 0 radical (unpaired) electrons. The summed E-state index contributed by atoms with van der Waals surface area (Å²) in [6.07, 6.45) is 0. The van der Waals surface area contributed by atoms with Crippen molar-refractivity contribution in [3.8, 4) is 0 Å². The summed E-state index contributed by atoms with van der Waals surface area (Å²) >= 11 is 0. The molecule has 0 aliphatic heterocycles. The van der Waals surface area contributed by atoms with Crippen LogP contribution >= 0.6 is 0 Å². The van der Waals surface area contributed by atoms with Crippen LogP contribution in [0.2, 0.25) is 0 Å². The van der Waals surface area contributed by atoms with Gasteiger partial charge in [-0.05, 0) is 13.8 Å². The number of hydrogen-bond acceptors (Lipinski definition) is 2. The van der Waals surface area contributed by atoms with Crippen molar-refractivity contribution in [3.05, 3.63) is 0 Å². The van der Waals surface area contributed by atoms with E-state index in [2.05, 4.69) is 5.11 Å². The van der Waals surface area contributed by atoms with Gasteiger partial charge in [0.25, 0.3) is 0 Å². The minimum Gasteiger partial charge on any atom is -0.394 e. The molecule has 0 aromatic heterocycles. The molecule has 2 heteroatoms. The first-order valence-electron chi connectivity index (χ1n) is 2.34. The molecule has 0 rings (SSSR count). The highest BCUT2D eigenvalue weighted by atomic mass is 16.3. The van der Waals surface area contributed by atoms with Crippen LogP contribution in [0.4, 0.5) is 0 Å². The van der Waals surface area contributed by atoms with Crippen molar-refractivity contribution >= 4 is 0 Å². The van der Waals surface area contributed by atoms with Crippen molar-refractivity contribution < 1.29 is 5.11 Å². The molecule has 6 heavy (non-hydrogen) atoms. The van der Waals surface area contributed by atoms with E-state index < -0.39 is 0 Å². The Balaban J connectivity index is 3.15. The third kappa shape index (κ3) is 3.92. The van der Waals surface area contributed by atoms with Crippen molar-refractivity contribution in [2.75, 3.05) is 6.61 Å². The number of nitrogens with two attached hydrogens (primary N) is 1. The van der Waals surface area contributed by atoms with Crippen LogP contribution in [0.3, 0.4) is 0 Å². The molecule has 0 heterocycles. The summed E-state index contributed by atoms with van der Waals surface area (Å²) < 4.78 is 6.28. The van der Waals surface area contributed by atoms with Crippen LogP contribution in [0, 0.1) is 0 Å². The first kappa shape index (κ1) is 4.09. The van der Waals surface area contributed by atoms with Crippen LogP contribution in [0.25, 0.3) is 0 Å². The lowest BCUT2D eigenvalue weighted by Gasteiger charge is -2.12. The minimum absolute atomic E-state index is 0.285. The van der Waals surface area contributed by atoms with E-state index in [4.69, 9.17) is 7.16 Å². The van der Waals surface area contributed by atoms with E-state index in [0.29, 0.717) is 0 Å². The number of aliphatic hydroxyl groups is 1. The largest absolute Gasteiger partial charge is 0.394 e. The maximum absolute atomic E-state index is 6.28. The summed E-state index contributed by atoms with van der Waals surface area (Å²) in [6, 6.07) is 0. The molecule has 38 valence electrons. The highest BCUT2D eigenvalue weighted by molar-refractivity contribution is 4.67. The van der Waals surface area contributed by atoms with Crippen LogP contribution in [0.1, 0.15) is 13.8 Å². The lowest BCUT2D eigenvalue weighted by atomic mass is 10.1. The molecule has 0 unspecified atom stereocenters. The van der Waals surface area contributed by atoms with Gasteiger partial charge in [0.2, 0.25) is 1.43 Å². The number of aliphatic hydroxyl groups excluding tert-OH is 1. The molecule has 0 fully saturated rings. The first-order chi connectivity index (χ1) is 3.06. The number of hydrogen-bond donors (Lipinski definition) is 2. The quantitative estimate of drug-likeness (QED) is 0.489. The maximum Gasteiger partial charge on any atom is 0.210 e. The molecule has 2 nitrogen and oxygen atoms in total. The summed E-state index contributed by atoms with van der Waals surface area (Å²) in [7, 11) is 0. The van der Waals surface area contributed by atoms with Crippen molar-refractivity contribution in [2.45, 2.75) is 19.4 Å². The fraction of sp³-hybridized carbons (Fsp3) is 1.00. The van der Waals surface area contributed by atoms with Gasteiger partial charge in [0.15, 0.2) is 0 Å². The van der Waals surface area contributed by atoms with E-state index in [1.165, 1.54) is 0 Å². The SMILES string of the molecule is [2H]OCC(C)(C)N. The lowest BCUT2D eigenvalue weighted by Crippen LogP contribution is -2.35. The maximum atomic E-state index is 6.28. The van der Waals surface area contributed by atoms with E-state index in [1.54, 1.807) is 0 Å². The molecule has 0 aromatic carbocycles. The Morgan fingerprint density at radius 3 is 2.50 bits per heavy atom. The molecule has 0 atom stereocenters. The molecule has 0 amide bonds. The van der Waals surface area contributed by atoms with Crippen LogP contribution in [-0.2, 0) is 0 Å². The zero-order valence-corrected chi connectivity index (χ0v) is 4.19. The normalized spacial score (nSPS) is 14.2. The van der Waals surface area contributed by atoms with E-state index >= 15 is 0 Å². The Kier molecular flexibility index (Phi) is 1.08. The van der Waals surface area contributed by atoms with Crippen molar-refractivity contribution in [1.29, 1.82) is 1.43 Å². The lowest BCUT2D eigenvalue weighted by molar-refractivity contribution is 0.221. The Morgan fingerprint density at radius 2 is 2.50 bits per heavy atom. The predicted molar refractivity (Wildman–Crippen MR) is 25.4 cm³/mol. The minimum atomic E-state index is -0.359. The van der Waals surface area contributed by atoms with Crippen molar-refractivity contribution in [1.82, 2.24) is 0 Å². The van der Waals surface area contributed by atoms with Crippen molar-refractivity contribution in [2.24, 2.45) is 5.73 Å². The van der Waals surface area contributed by atoms with Crippen molar-refractivity contribution in [3.63, 3.8) is 0 Å². The molecule has 0 saturated heterocycles. The smallest absolute Gasteiger partial charge is 0.210 e. The molecule has 0 aliphatic carbocycles. The van der Waals surface area contributed by atoms with Gasteiger partial charge in [-0.1, -0.05) is 0 Å². The van der Waals surface area contributed by atoms with E-state index in [9.17, 15) is 0 Å². The molecular formula is C4H11NO. The molecular weight excluding hydrogens is 78.0 g/mol. The fourth-order valence-corrected chi connectivity index (χ4v) is 0. The topological polar surface area (TPSA) is 46.2 Å². The molecule has 0 aliphatic rings. The zero-order chi connectivity index (χ0) is 5.91. The van der Waals surface area contributed by atoms with Gasteiger partial charge in [0.1, 0.15) is 0 Å². The summed E-state index contributed by atoms with van der Waals surface area (Å²) in [6.45, 7) is 3.90. The summed E-state index contributed by atoms with van der Waals surface area (Å²) in [5.41, 5.74) is 5.04. The van der Waals surface area contributed by atoms with Crippen LogP contribution < -0.4 is 5.73 Å². The number of rotatable bonds is 2. The molecule has 0 spiro atoms. The van der Waals surface area contributed by atoms with Gasteiger partial charge in [0, 0.05) is 5.54 Å². The summed E-state index contributed by atoms with van der Waals surface area (Å²) in [5.74, 6) is 0. The van der Waals surface area contributed by atoms with Gasteiger partial charge >= 0.3 is 0 Å². The molecule has 0 bridgehead atoms. The van der Waals surface area contributed by atoms with Gasteiger partial charge < -0.3 is 10.8 Å². The second-order valence-corrected chi connectivity index (χ2v) is 2.13. The van der Waals surface area contributed by atoms with Crippen LogP contribution in [-0.4, -0.2) is 18.7 Å².